The molecule has 0 aliphatic carbocycles. The number of fused-ring (bicyclic) bond motifs is 1. The van der Waals surface area contributed by atoms with Gasteiger partial charge in [-0.15, -0.1) is 0 Å². The third kappa shape index (κ3) is 2.61. The van der Waals surface area contributed by atoms with E-state index in [2.05, 4.69) is 0 Å². The molecule has 0 saturated carbocycles. The van der Waals surface area contributed by atoms with Gasteiger partial charge in [0.05, 0.1) is 12.9 Å². The molecule has 2 atom stereocenters. The van der Waals surface area contributed by atoms with Crippen molar-refractivity contribution in [1.82, 2.24) is 4.90 Å². The van der Waals surface area contributed by atoms with Crippen LogP contribution in [0.5, 0.6) is 0 Å². The Kier molecular flexibility index (Phi) is 4.16. The fraction of sp³-hybridized carbons (Fsp3) is 0.294. The monoisotopic (exact) mass is 315 g/mol. The molecular formula is C17H17NO5. The summed E-state index contributed by atoms with van der Waals surface area (Å²) in [4.78, 5) is 26.3. The van der Waals surface area contributed by atoms with Crippen LogP contribution in [-0.4, -0.2) is 42.1 Å². The molecule has 2 unspecified atom stereocenters. The summed E-state index contributed by atoms with van der Waals surface area (Å²) < 4.78 is 10.5. The number of hydrogen-bond donors (Lipinski definition) is 1. The fourth-order valence-electron chi connectivity index (χ4n) is 3.07. The van der Waals surface area contributed by atoms with Crippen molar-refractivity contribution < 1.29 is 23.8 Å². The summed E-state index contributed by atoms with van der Waals surface area (Å²) in [6.07, 6.45) is 1.48. The van der Waals surface area contributed by atoms with E-state index >= 15 is 0 Å². The van der Waals surface area contributed by atoms with Gasteiger partial charge in [0.1, 0.15) is 17.7 Å². The Morgan fingerprint density at radius 1 is 1.30 bits per heavy atom. The van der Waals surface area contributed by atoms with Crippen LogP contribution in [0.1, 0.15) is 33.6 Å². The highest BCUT2D eigenvalue weighted by Gasteiger charge is 2.45. The third-order valence-electron chi connectivity index (χ3n) is 4.08. The minimum absolute atomic E-state index is 0.212. The van der Waals surface area contributed by atoms with Crippen LogP contribution in [0.25, 0.3) is 0 Å². The van der Waals surface area contributed by atoms with E-state index in [9.17, 15) is 14.7 Å². The van der Waals surface area contributed by atoms with Gasteiger partial charge < -0.3 is 19.2 Å². The van der Waals surface area contributed by atoms with Gasteiger partial charge in [-0.05, 0) is 23.8 Å². The second-order valence-corrected chi connectivity index (χ2v) is 5.35. The van der Waals surface area contributed by atoms with Crippen LogP contribution in [0.15, 0.2) is 47.1 Å². The Hall–Kier alpha value is -2.60. The molecule has 0 radical (unpaired) electrons. The molecule has 1 aliphatic rings. The molecule has 2 aromatic rings. The van der Waals surface area contributed by atoms with E-state index in [1.54, 1.807) is 43.5 Å². The number of aliphatic carboxylic acids is 1. The predicted molar refractivity (Wildman–Crippen MR) is 81.2 cm³/mol. The quantitative estimate of drug-likeness (QED) is 0.915. The molecule has 23 heavy (non-hydrogen) atoms. The second-order valence-electron chi connectivity index (χ2n) is 5.35. The summed E-state index contributed by atoms with van der Waals surface area (Å²) in [5.74, 6) is -1.63. The van der Waals surface area contributed by atoms with Crippen molar-refractivity contribution in [3.05, 3.63) is 59.5 Å². The molecule has 6 nitrogen and oxygen atoms in total. The molecule has 1 aromatic heterocycles. The summed E-state index contributed by atoms with van der Waals surface area (Å²) in [5.41, 5.74) is 0.930. The number of carboxylic acid groups (broad SMARTS) is 1. The molecule has 1 N–H and O–H groups in total. The number of amides is 1. The Balaban J connectivity index is 2.15. The van der Waals surface area contributed by atoms with E-state index in [1.165, 1.54) is 11.2 Å². The van der Waals surface area contributed by atoms with Crippen LogP contribution in [0.2, 0.25) is 0 Å². The SMILES string of the molecule is COCCN1C(=O)c2ccccc2C(C(=O)O)C1c1ccco1. The molecule has 0 spiro atoms. The Morgan fingerprint density at radius 3 is 2.74 bits per heavy atom. The highest BCUT2D eigenvalue weighted by atomic mass is 16.5. The first-order valence-electron chi connectivity index (χ1n) is 7.30. The van der Waals surface area contributed by atoms with Crippen LogP contribution in [0.3, 0.4) is 0 Å². The van der Waals surface area contributed by atoms with Crippen molar-refractivity contribution >= 4 is 11.9 Å². The molecule has 0 saturated heterocycles. The zero-order valence-electron chi connectivity index (χ0n) is 12.6. The van der Waals surface area contributed by atoms with E-state index in [4.69, 9.17) is 9.15 Å². The minimum atomic E-state index is -0.992. The highest BCUT2D eigenvalue weighted by Crippen LogP contribution is 2.42. The maximum Gasteiger partial charge on any atom is 0.313 e. The number of carbonyl (C=O) groups is 2. The maximum absolute atomic E-state index is 12.8. The lowest BCUT2D eigenvalue weighted by atomic mass is 9.82. The van der Waals surface area contributed by atoms with Crippen molar-refractivity contribution in [1.29, 1.82) is 0 Å². The van der Waals surface area contributed by atoms with Crippen LogP contribution in [0.4, 0.5) is 0 Å². The zero-order chi connectivity index (χ0) is 16.4. The van der Waals surface area contributed by atoms with Crippen LogP contribution < -0.4 is 0 Å². The summed E-state index contributed by atoms with van der Waals surface area (Å²) in [6.45, 7) is 0.607. The van der Waals surface area contributed by atoms with E-state index < -0.39 is 17.9 Å². The van der Waals surface area contributed by atoms with Crippen molar-refractivity contribution in [2.75, 3.05) is 20.3 Å². The number of nitrogens with zero attached hydrogens (tertiary/aromatic N) is 1. The number of furan rings is 1. The fourth-order valence-corrected chi connectivity index (χ4v) is 3.07. The maximum atomic E-state index is 12.8. The van der Waals surface area contributed by atoms with Crippen LogP contribution in [-0.2, 0) is 9.53 Å². The van der Waals surface area contributed by atoms with E-state index in [-0.39, 0.29) is 5.91 Å². The van der Waals surface area contributed by atoms with Crippen molar-refractivity contribution in [2.45, 2.75) is 12.0 Å². The normalized spacial score (nSPS) is 20.4. The molecule has 1 aliphatic heterocycles. The topological polar surface area (TPSA) is 80.0 Å². The number of rotatable bonds is 5. The highest BCUT2D eigenvalue weighted by molar-refractivity contribution is 6.00. The van der Waals surface area contributed by atoms with E-state index in [0.717, 1.165) is 0 Å². The van der Waals surface area contributed by atoms with Gasteiger partial charge in [-0.2, -0.15) is 0 Å². The van der Waals surface area contributed by atoms with Crippen molar-refractivity contribution in [2.24, 2.45) is 0 Å². The number of benzene rings is 1. The molecular weight excluding hydrogens is 298 g/mol. The molecule has 2 heterocycles. The molecule has 0 bridgehead atoms. The van der Waals surface area contributed by atoms with Crippen LogP contribution >= 0.6 is 0 Å². The number of carboxylic acids is 1. The van der Waals surface area contributed by atoms with Gasteiger partial charge >= 0.3 is 5.97 Å². The van der Waals surface area contributed by atoms with Gasteiger partial charge in [0, 0.05) is 19.2 Å². The first-order chi connectivity index (χ1) is 11.1. The number of hydrogen-bond acceptors (Lipinski definition) is 4. The van der Waals surface area contributed by atoms with Gasteiger partial charge in [0.2, 0.25) is 0 Å². The van der Waals surface area contributed by atoms with Crippen molar-refractivity contribution in [3.8, 4) is 0 Å². The Labute approximate surface area is 133 Å². The van der Waals surface area contributed by atoms with E-state index in [1.807, 2.05) is 0 Å². The average molecular weight is 315 g/mol. The lowest BCUT2D eigenvalue weighted by Crippen LogP contribution is -2.46. The third-order valence-corrected chi connectivity index (χ3v) is 4.08. The molecule has 3 rings (SSSR count). The van der Waals surface area contributed by atoms with E-state index in [0.29, 0.717) is 30.0 Å². The number of ether oxygens (including phenoxy) is 1. The van der Waals surface area contributed by atoms with Gasteiger partial charge in [0.25, 0.3) is 5.91 Å². The van der Waals surface area contributed by atoms with Gasteiger partial charge in [-0.25, -0.2) is 0 Å². The lowest BCUT2D eigenvalue weighted by molar-refractivity contribution is -0.141. The Morgan fingerprint density at radius 2 is 2.09 bits per heavy atom. The Bertz CT molecular complexity index is 710. The first-order valence-corrected chi connectivity index (χ1v) is 7.30. The molecule has 0 fully saturated rings. The number of methoxy groups -OCH3 is 1. The summed E-state index contributed by atoms with van der Waals surface area (Å²) in [5, 5.41) is 9.77. The zero-order valence-corrected chi connectivity index (χ0v) is 12.6. The first kappa shape index (κ1) is 15.3. The van der Waals surface area contributed by atoms with Crippen LogP contribution in [0, 0.1) is 0 Å². The van der Waals surface area contributed by atoms with Crippen molar-refractivity contribution in [3.63, 3.8) is 0 Å². The second kappa shape index (κ2) is 6.26. The largest absolute Gasteiger partial charge is 0.481 e. The molecule has 1 amide bonds. The van der Waals surface area contributed by atoms with Gasteiger partial charge in [0.15, 0.2) is 0 Å². The summed E-state index contributed by atoms with van der Waals surface area (Å²) in [7, 11) is 1.54. The summed E-state index contributed by atoms with van der Waals surface area (Å²) >= 11 is 0. The standard InChI is InChI=1S/C17H17NO5/c1-22-10-8-18-15(13-7-4-9-23-13)14(17(20)21)11-5-2-3-6-12(11)16(18)19/h2-7,9,14-15H,8,10H2,1H3,(H,20,21). The average Bonchev–Trinajstić information content (AvgIpc) is 3.07. The van der Waals surface area contributed by atoms with Gasteiger partial charge in [-0.1, -0.05) is 18.2 Å². The predicted octanol–water partition coefficient (Wildman–Crippen LogP) is 2.29. The lowest BCUT2D eigenvalue weighted by Gasteiger charge is -2.39. The molecule has 1 aromatic carbocycles. The molecule has 120 valence electrons. The smallest absolute Gasteiger partial charge is 0.313 e. The number of carbonyl (C=O) groups excluding carboxylic acids is 1. The summed E-state index contributed by atoms with van der Waals surface area (Å²) in [6, 6.07) is 9.51. The minimum Gasteiger partial charge on any atom is -0.481 e. The molecule has 6 heteroatoms. The van der Waals surface area contributed by atoms with Gasteiger partial charge in [-0.3, -0.25) is 9.59 Å².